The molecule has 70 valence electrons. The molecule has 5 nitrogen and oxygen atoms in total. The van der Waals surface area contributed by atoms with Crippen LogP contribution >= 0.6 is 0 Å². The Kier molecular flexibility index (Phi) is 3.13. The van der Waals surface area contributed by atoms with Crippen LogP contribution in [0.15, 0.2) is 18.2 Å². The highest BCUT2D eigenvalue weighted by atomic mass is 16.5. The average Bonchev–Trinajstić information content (AvgIpc) is 2.16. The van der Waals surface area contributed by atoms with Crippen molar-refractivity contribution in [3.8, 4) is 5.75 Å². The number of nitrogens with one attached hydrogen (secondary N) is 1. The molecule has 0 radical (unpaired) electrons. The molecular formula is C7H11BN2O3. The van der Waals surface area contributed by atoms with Crippen LogP contribution in [0.25, 0.3) is 0 Å². The van der Waals surface area contributed by atoms with E-state index in [-0.39, 0.29) is 5.46 Å². The van der Waals surface area contributed by atoms with Gasteiger partial charge in [-0.05, 0) is 12.1 Å². The number of benzene rings is 1. The Bertz CT molecular complexity index is 271. The second-order valence-corrected chi connectivity index (χ2v) is 2.44. The van der Waals surface area contributed by atoms with Crippen molar-refractivity contribution in [2.24, 2.45) is 5.84 Å². The number of methoxy groups -OCH3 is 1. The molecular weight excluding hydrogens is 171 g/mol. The zero-order chi connectivity index (χ0) is 9.84. The van der Waals surface area contributed by atoms with E-state index in [1.54, 1.807) is 18.2 Å². The highest BCUT2D eigenvalue weighted by Crippen LogP contribution is 2.13. The molecule has 0 atom stereocenters. The van der Waals surface area contributed by atoms with Gasteiger partial charge in [-0.15, -0.1) is 0 Å². The molecule has 0 aromatic heterocycles. The monoisotopic (exact) mass is 182 g/mol. The quantitative estimate of drug-likeness (QED) is 0.264. The zero-order valence-electron chi connectivity index (χ0n) is 7.19. The van der Waals surface area contributed by atoms with Gasteiger partial charge in [0.2, 0.25) is 0 Å². The molecule has 1 aromatic rings. The van der Waals surface area contributed by atoms with Gasteiger partial charge in [0.1, 0.15) is 5.75 Å². The fourth-order valence-corrected chi connectivity index (χ4v) is 1.11. The summed E-state index contributed by atoms with van der Waals surface area (Å²) >= 11 is 0. The number of hydrogen-bond acceptors (Lipinski definition) is 5. The first kappa shape index (κ1) is 9.85. The number of hydrazine groups is 1. The van der Waals surface area contributed by atoms with Gasteiger partial charge in [-0.1, -0.05) is 6.07 Å². The summed E-state index contributed by atoms with van der Waals surface area (Å²) in [4.78, 5) is 0. The predicted molar refractivity (Wildman–Crippen MR) is 50.6 cm³/mol. The standard InChI is InChI=1S/C7H11BN2O3/c1-13-6-4-2-3-5(10-9)7(6)8(11)12/h2-4,10-12H,9H2,1H3. The van der Waals surface area contributed by atoms with E-state index in [0.717, 1.165) is 0 Å². The lowest BCUT2D eigenvalue weighted by molar-refractivity contribution is 0.403. The number of nitrogens with two attached hydrogens (primary N) is 1. The zero-order valence-corrected chi connectivity index (χ0v) is 7.19. The summed E-state index contributed by atoms with van der Waals surface area (Å²) in [6.07, 6.45) is 0. The van der Waals surface area contributed by atoms with E-state index in [0.29, 0.717) is 11.4 Å². The third kappa shape index (κ3) is 1.92. The molecule has 1 rings (SSSR count). The first-order chi connectivity index (χ1) is 6.20. The van der Waals surface area contributed by atoms with Gasteiger partial charge < -0.3 is 20.2 Å². The molecule has 0 heterocycles. The molecule has 6 heteroatoms. The third-order valence-corrected chi connectivity index (χ3v) is 1.70. The van der Waals surface area contributed by atoms with Gasteiger partial charge in [0, 0.05) is 5.46 Å². The second kappa shape index (κ2) is 4.13. The van der Waals surface area contributed by atoms with E-state index in [9.17, 15) is 0 Å². The number of rotatable bonds is 3. The summed E-state index contributed by atoms with van der Waals surface area (Å²) in [5.41, 5.74) is 3.01. The van der Waals surface area contributed by atoms with Crippen molar-refractivity contribution in [3.63, 3.8) is 0 Å². The first-order valence-electron chi connectivity index (χ1n) is 3.70. The molecule has 0 bridgehead atoms. The van der Waals surface area contributed by atoms with E-state index >= 15 is 0 Å². The van der Waals surface area contributed by atoms with Gasteiger partial charge >= 0.3 is 7.12 Å². The third-order valence-electron chi connectivity index (χ3n) is 1.70. The molecule has 13 heavy (non-hydrogen) atoms. The summed E-state index contributed by atoms with van der Waals surface area (Å²) in [6, 6.07) is 4.94. The molecule has 1 aromatic carbocycles. The maximum absolute atomic E-state index is 9.03. The van der Waals surface area contributed by atoms with Crippen molar-refractivity contribution < 1.29 is 14.8 Å². The summed E-state index contributed by atoms with van der Waals surface area (Å²) < 4.78 is 4.93. The Morgan fingerprint density at radius 3 is 2.62 bits per heavy atom. The van der Waals surface area contributed by atoms with Crippen LogP contribution in [0, 0.1) is 0 Å². The lowest BCUT2D eigenvalue weighted by Gasteiger charge is -2.11. The highest BCUT2D eigenvalue weighted by Gasteiger charge is 2.20. The van der Waals surface area contributed by atoms with Crippen molar-refractivity contribution in [2.75, 3.05) is 12.5 Å². The van der Waals surface area contributed by atoms with E-state index < -0.39 is 7.12 Å². The summed E-state index contributed by atoms with van der Waals surface area (Å²) in [7, 11) is -0.163. The Morgan fingerprint density at radius 1 is 1.46 bits per heavy atom. The number of anilines is 1. The topological polar surface area (TPSA) is 87.7 Å². The minimum atomic E-state index is -1.61. The SMILES string of the molecule is COc1cccc(NN)c1B(O)O. The van der Waals surface area contributed by atoms with Crippen molar-refractivity contribution >= 4 is 18.3 Å². The van der Waals surface area contributed by atoms with Crippen LogP contribution in [0.1, 0.15) is 0 Å². The summed E-state index contributed by atoms with van der Waals surface area (Å²) in [5.74, 6) is 5.56. The van der Waals surface area contributed by atoms with Crippen molar-refractivity contribution in [1.82, 2.24) is 0 Å². The molecule has 0 fully saturated rings. The Labute approximate surface area is 76.3 Å². The van der Waals surface area contributed by atoms with E-state index in [1.807, 2.05) is 0 Å². The first-order valence-corrected chi connectivity index (χ1v) is 3.70. The van der Waals surface area contributed by atoms with Crippen LogP contribution in [0.2, 0.25) is 0 Å². The highest BCUT2D eigenvalue weighted by molar-refractivity contribution is 6.61. The largest absolute Gasteiger partial charge is 0.497 e. The van der Waals surface area contributed by atoms with Crippen LogP contribution in [-0.2, 0) is 0 Å². The van der Waals surface area contributed by atoms with Gasteiger partial charge in [-0.2, -0.15) is 0 Å². The molecule has 0 aliphatic heterocycles. The van der Waals surface area contributed by atoms with E-state index in [1.165, 1.54) is 7.11 Å². The average molecular weight is 182 g/mol. The van der Waals surface area contributed by atoms with Crippen LogP contribution in [-0.4, -0.2) is 24.3 Å². The van der Waals surface area contributed by atoms with E-state index in [2.05, 4.69) is 5.43 Å². The van der Waals surface area contributed by atoms with Crippen LogP contribution in [0.3, 0.4) is 0 Å². The summed E-state index contributed by atoms with van der Waals surface area (Å²) in [6.45, 7) is 0. The van der Waals surface area contributed by atoms with Gasteiger partial charge in [-0.25, -0.2) is 0 Å². The minimum absolute atomic E-state index is 0.229. The van der Waals surface area contributed by atoms with Gasteiger partial charge in [0.25, 0.3) is 0 Å². The Hall–Kier alpha value is -1.24. The van der Waals surface area contributed by atoms with Crippen LogP contribution in [0.5, 0.6) is 5.75 Å². The molecule has 0 aliphatic rings. The molecule has 0 saturated heterocycles. The van der Waals surface area contributed by atoms with E-state index in [4.69, 9.17) is 20.6 Å². The molecule has 0 unspecified atom stereocenters. The van der Waals surface area contributed by atoms with Crippen molar-refractivity contribution in [2.45, 2.75) is 0 Å². The van der Waals surface area contributed by atoms with Gasteiger partial charge in [-0.3, -0.25) is 5.84 Å². The van der Waals surface area contributed by atoms with Gasteiger partial charge in [0.15, 0.2) is 0 Å². The normalized spacial score (nSPS) is 9.54. The fraction of sp³-hybridized carbons (Fsp3) is 0.143. The molecule has 5 N–H and O–H groups in total. The predicted octanol–water partition coefficient (Wildman–Crippen LogP) is -1.34. The second-order valence-electron chi connectivity index (χ2n) is 2.44. The lowest BCUT2D eigenvalue weighted by Crippen LogP contribution is -2.34. The molecule has 0 spiro atoms. The maximum Gasteiger partial charge on any atom is 0.494 e. The van der Waals surface area contributed by atoms with Crippen LogP contribution < -0.4 is 21.5 Å². The maximum atomic E-state index is 9.03. The van der Waals surface area contributed by atoms with Crippen LogP contribution in [0.4, 0.5) is 5.69 Å². The van der Waals surface area contributed by atoms with Gasteiger partial charge in [0.05, 0.1) is 12.8 Å². The molecule has 0 saturated carbocycles. The smallest absolute Gasteiger partial charge is 0.494 e. The number of hydrogen-bond donors (Lipinski definition) is 4. The minimum Gasteiger partial charge on any atom is -0.497 e. The van der Waals surface area contributed by atoms with Crippen molar-refractivity contribution in [3.05, 3.63) is 18.2 Å². The number of ether oxygens (including phenoxy) is 1. The fourth-order valence-electron chi connectivity index (χ4n) is 1.11. The Morgan fingerprint density at radius 2 is 2.15 bits per heavy atom. The molecule has 0 amide bonds. The summed E-state index contributed by atoms with van der Waals surface area (Å²) in [5, 5.41) is 18.1. The van der Waals surface area contributed by atoms with Crippen molar-refractivity contribution in [1.29, 1.82) is 0 Å². The Balaban J connectivity index is 3.21. The number of nitrogen functional groups attached to an aromatic ring is 1. The molecule has 0 aliphatic carbocycles. The lowest BCUT2D eigenvalue weighted by atomic mass is 9.78.